The Morgan fingerprint density at radius 3 is 2.84 bits per heavy atom. The van der Waals surface area contributed by atoms with E-state index in [-0.39, 0.29) is 5.91 Å². The Morgan fingerprint density at radius 1 is 1.16 bits per heavy atom. The van der Waals surface area contributed by atoms with Crippen LogP contribution in [0.2, 0.25) is 0 Å². The van der Waals surface area contributed by atoms with Crippen molar-refractivity contribution in [1.82, 2.24) is 29.4 Å². The van der Waals surface area contributed by atoms with Crippen LogP contribution in [0, 0.1) is 5.92 Å². The number of hydrogen-bond donors (Lipinski definition) is 0. The topological polar surface area (TPSA) is 68.8 Å². The molecule has 0 N–H and O–H groups in total. The van der Waals surface area contributed by atoms with Crippen LogP contribution in [0.25, 0.3) is 5.69 Å². The summed E-state index contributed by atoms with van der Waals surface area (Å²) in [7, 11) is 0. The molecule has 1 aliphatic rings. The maximum absolute atomic E-state index is 13.0. The van der Waals surface area contributed by atoms with E-state index >= 15 is 0 Å². The number of rotatable bonds is 4. The molecule has 4 rings (SSSR count). The quantitative estimate of drug-likeness (QED) is 0.731. The molecule has 0 radical (unpaired) electrons. The van der Waals surface area contributed by atoms with Crippen LogP contribution in [0.4, 0.5) is 0 Å². The summed E-state index contributed by atoms with van der Waals surface area (Å²) >= 11 is 0. The summed E-state index contributed by atoms with van der Waals surface area (Å²) in [4.78, 5) is 19.0. The van der Waals surface area contributed by atoms with E-state index in [0.29, 0.717) is 11.6 Å². The molecule has 25 heavy (non-hydrogen) atoms. The zero-order valence-electron chi connectivity index (χ0n) is 13.9. The molecule has 3 heterocycles. The smallest absolute Gasteiger partial charge is 0.272 e. The van der Waals surface area contributed by atoms with Gasteiger partial charge >= 0.3 is 0 Å². The molecule has 128 valence electrons. The van der Waals surface area contributed by atoms with Gasteiger partial charge in [0.2, 0.25) is 0 Å². The first-order valence-corrected chi connectivity index (χ1v) is 8.52. The van der Waals surface area contributed by atoms with E-state index in [1.807, 2.05) is 39.9 Å². The van der Waals surface area contributed by atoms with Gasteiger partial charge in [0.15, 0.2) is 0 Å². The number of amides is 1. The summed E-state index contributed by atoms with van der Waals surface area (Å²) in [6, 6.07) is 11.5. The maximum Gasteiger partial charge on any atom is 0.272 e. The van der Waals surface area contributed by atoms with Crippen molar-refractivity contribution in [3.05, 3.63) is 60.9 Å². The molecule has 7 heteroatoms. The van der Waals surface area contributed by atoms with Crippen LogP contribution in [0.3, 0.4) is 0 Å². The lowest BCUT2D eigenvalue weighted by molar-refractivity contribution is 0.0650. The number of nitrogens with zero attached hydrogens (tertiary/aromatic N) is 6. The summed E-state index contributed by atoms with van der Waals surface area (Å²) in [5.41, 5.74) is 1.50. The van der Waals surface area contributed by atoms with E-state index in [1.54, 1.807) is 29.6 Å². The third-order valence-electron chi connectivity index (χ3n) is 4.58. The van der Waals surface area contributed by atoms with Gasteiger partial charge in [-0.2, -0.15) is 10.2 Å². The van der Waals surface area contributed by atoms with Crippen molar-refractivity contribution in [2.24, 2.45) is 5.92 Å². The molecule has 0 aliphatic carbocycles. The minimum Gasteiger partial charge on any atom is -0.337 e. The third-order valence-corrected chi connectivity index (χ3v) is 4.58. The van der Waals surface area contributed by atoms with Gasteiger partial charge in [-0.1, -0.05) is 18.2 Å². The number of aromatic nitrogens is 5. The van der Waals surface area contributed by atoms with Crippen LogP contribution in [-0.4, -0.2) is 48.4 Å². The van der Waals surface area contributed by atoms with Crippen LogP contribution in [0.5, 0.6) is 0 Å². The minimum absolute atomic E-state index is 0.0321. The Kier molecular flexibility index (Phi) is 4.28. The fourth-order valence-corrected chi connectivity index (χ4v) is 3.39. The van der Waals surface area contributed by atoms with Gasteiger partial charge in [0.05, 0.1) is 11.9 Å². The Hall–Kier alpha value is -2.96. The highest BCUT2D eigenvalue weighted by molar-refractivity contribution is 5.93. The van der Waals surface area contributed by atoms with Crippen molar-refractivity contribution in [2.75, 3.05) is 13.1 Å². The van der Waals surface area contributed by atoms with Crippen molar-refractivity contribution in [2.45, 2.75) is 19.4 Å². The van der Waals surface area contributed by atoms with Gasteiger partial charge in [-0.3, -0.25) is 9.48 Å². The molecular weight excluding hydrogens is 316 g/mol. The monoisotopic (exact) mass is 336 g/mol. The molecule has 7 nitrogen and oxygen atoms in total. The van der Waals surface area contributed by atoms with Gasteiger partial charge in [-0.05, 0) is 37.0 Å². The largest absolute Gasteiger partial charge is 0.337 e. The van der Waals surface area contributed by atoms with E-state index in [1.165, 1.54) is 0 Å². The van der Waals surface area contributed by atoms with E-state index in [9.17, 15) is 4.79 Å². The standard InChI is InChI=1S/C18H20N6O/c25-18(17-8-9-20-24(17)16-6-2-1-3-7-16)22-10-4-5-15(11-22)12-23-14-19-13-21-23/h1-3,6-9,13-15H,4-5,10-12H2/t15-/m1/s1. The summed E-state index contributed by atoms with van der Waals surface area (Å²) in [5, 5.41) is 8.50. The lowest BCUT2D eigenvalue weighted by Crippen LogP contribution is -2.41. The predicted octanol–water partition coefficient (Wildman–Crippen LogP) is 2.02. The molecule has 1 atom stereocenters. The summed E-state index contributed by atoms with van der Waals surface area (Å²) in [5.74, 6) is 0.428. The molecule has 1 aromatic carbocycles. The lowest BCUT2D eigenvalue weighted by atomic mass is 9.98. The van der Waals surface area contributed by atoms with Crippen LogP contribution >= 0.6 is 0 Å². The zero-order valence-corrected chi connectivity index (χ0v) is 13.9. The van der Waals surface area contributed by atoms with Crippen molar-refractivity contribution in [1.29, 1.82) is 0 Å². The second-order valence-corrected chi connectivity index (χ2v) is 6.34. The number of carbonyl (C=O) groups excluding carboxylic acids is 1. The second kappa shape index (κ2) is 6.88. The third kappa shape index (κ3) is 3.31. The van der Waals surface area contributed by atoms with Crippen LogP contribution < -0.4 is 0 Å². The first kappa shape index (κ1) is 15.6. The van der Waals surface area contributed by atoms with Crippen molar-refractivity contribution in [3.8, 4) is 5.69 Å². The average molecular weight is 336 g/mol. The Labute approximate surface area is 145 Å². The van der Waals surface area contributed by atoms with Crippen LogP contribution in [0.1, 0.15) is 23.3 Å². The number of carbonyl (C=O) groups is 1. The number of benzene rings is 1. The normalized spacial score (nSPS) is 17.6. The van der Waals surface area contributed by atoms with Crippen molar-refractivity contribution >= 4 is 5.91 Å². The van der Waals surface area contributed by atoms with Crippen LogP contribution in [0.15, 0.2) is 55.2 Å². The predicted molar refractivity (Wildman–Crippen MR) is 92.2 cm³/mol. The van der Waals surface area contributed by atoms with Gasteiger partial charge in [0.25, 0.3) is 5.91 Å². The Bertz CT molecular complexity index is 826. The number of para-hydroxylation sites is 1. The molecule has 1 amide bonds. The number of hydrogen-bond acceptors (Lipinski definition) is 4. The Balaban J connectivity index is 1.50. The summed E-state index contributed by atoms with van der Waals surface area (Å²) in [6.45, 7) is 2.31. The first-order valence-electron chi connectivity index (χ1n) is 8.52. The number of likely N-dealkylation sites (tertiary alicyclic amines) is 1. The highest BCUT2D eigenvalue weighted by Crippen LogP contribution is 2.21. The molecular formula is C18H20N6O. The molecule has 0 bridgehead atoms. The molecule has 0 spiro atoms. The Morgan fingerprint density at radius 2 is 2.04 bits per heavy atom. The lowest BCUT2D eigenvalue weighted by Gasteiger charge is -2.32. The maximum atomic E-state index is 13.0. The molecule has 3 aromatic rings. The molecule has 1 fully saturated rings. The van der Waals surface area contributed by atoms with E-state index in [4.69, 9.17) is 0 Å². The molecule has 2 aromatic heterocycles. The first-order chi connectivity index (χ1) is 12.3. The van der Waals surface area contributed by atoms with Crippen molar-refractivity contribution < 1.29 is 4.79 Å². The van der Waals surface area contributed by atoms with Gasteiger partial charge in [0.1, 0.15) is 18.3 Å². The molecule has 0 saturated carbocycles. The molecule has 1 saturated heterocycles. The highest BCUT2D eigenvalue weighted by atomic mass is 16.2. The highest BCUT2D eigenvalue weighted by Gasteiger charge is 2.27. The van der Waals surface area contributed by atoms with Crippen LogP contribution in [-0.2, 0) is 6.54 Å². The van der Waals surface area contributed by atoms with Gasteiger partial charge < -0.3 is 4.90 Å². The average Bonchev–Trinajstić information content (AvgIpc) is 3.34. The van der Waals surface area contributed by atoms with E-state index < -0.39 is 0 Å². The SMILES string of the molecule is O=C(c1ccnn1-c1ccccc1)N1CCC[C@@H](Cn2cncn2)C1. The molecule has 1 aliphatic heterocycles. The zero-order chi connectivity index (χ0) is 17.1. The number of piperidine rings is 1. The summed E-state index contributed by atoms with van der Waals surface area (Å²) < 4.78 is 3.55. The van der Waals surface area contributed by atoms with E-state index in [2.05, 4.69) is 15.2 Å². The fraction of sp³-hybridized carbons (Fsp3) is 0.333. The van der Waals surface area contributed by atoms with Gasteiger partial charge in [-0.15, -0.1) is 0 Å². The van der Waals surface area contributed by atoms with E-state index in [0.717, 1.165) is 38.2 Å². The van der Waals surface area contributed by atoms with Gasteiger partial charge in [-0.25, -0.2) is 9.67 Å². The second-order valence-electron chi connectivity index (χ2n) is 6.34. The fourth-order valence-electron chi connectivity index (χ4n) is 3.39. The van der Waals surface area contributed by atoms with Crippen molar-refractivity contribution in [3.63, 3.8) is 0 Å². The van der Waals surface area contributed by atoms with Gasteiger partial charge in [0, 0.05) is 19.6 Å². The summed E-state index contributed by atoms with van der Waals surface area (Å²) in [6.07, 6.45) is 7.05. The minimum atomic E-state index is 0.0321. The molecule has 0 unspecified atom stereocenters.